The number of benzene rings is 1. The summed E-state index contributed by atoms with van der Waals surface area (Å²) in [6.45, 7) is 3.74. The lowest BCUT2D eigenvalue weighted by atomic mass is 10.0. The number of rotatable bonds is 3. The van der Waals surface area contributed by atoms with Crippen LogP contribution in [0.5, 0.6) is 0 Å². The van der Waals surface area contributed by atoms with Crippen LogP contribution >= 0.6 is 0 Å². The molecule has 0 bridgehead atoms. The maximum atomic E-state index is 5.46. The van der Waals surface area contributed by atoms with Gasteiger partial charge in [0.2, 0.25) is 0 Å². The maximum Gasteiger partial charge on any atom is 0.0753 e. The van der Waals surface area contributed by atoms with Gasteiger partial charge in [0.1, 0.15) is 0 Å². The van der Waals surface area contributed by atoms with E-state index in [1.807, 2.05) is 30.3 Å². The van der Waals surface area contributed by atoms with Crippen molar-refractivity contribution in [3.8, 4) is 0 Å². The predicted molar refractivity (Wildman–Crippen MR) is 62.0 cm³/mol. The minimum absolute atomic E-state index is 0.0661. The number of pyridine rings is 1. The molecule has 0 aliphatic carbocycles. The molecule has 1 aromatic carbocycles. The fraction of sp³-hybridized carbons (Fsp3) is 0.0833. The molecule has 1 unspecified atom stereocenters. The van der Waals surface area contributed by atoms with Gasteiger partial charge in [-0.05, 0) is 6.07 Å². The number of nitrogens with two attached hydrogens (primary N) is 1. The molecule has 0 aliphatic rings. The van der Waals surface area contributed by atoms with Crippen molar-refractivity contribution in [1.82, 2.24) is 10.4 Å². The summed E-state index contributed by atoms with van der Waals surface area (Å²) in [6.07, 6.45) is 3.55. The third-order valence-corrected chi connectivity index (χ3v) is 2.41. The Labute approximate surface area is 88.6 Å². The quantitative estimate of drug-likeness (QED) is 0.451. The Morgan fingerprint density at radius 3 is 2.87 bits per heavy atom. The minimum Gasteiger partial charge on any atom is -0.271 e. The zero-order valence-electron chi connectivity index (χ0n) is 8.35. The highest BCUT2D eigenvalue weighted by molar-refractivity contribution is 5.82. The third kappa shape index (κ3) is 1.75. The van der Waals surface area contributed by atoms with Crippen LogP contribution in [0.3, 0.4) is 0 Å². The summed E-state index contributed by atoms with van der Waals surface area (Å²) >= 11 is 0. The summed E-state index contributed by atoms with van der Waals surface area (Å²) in [4.78, 5) is 4.35. The van der Waals surface area contributed by atoms with Crippen molar-refractivity contribution >= 4 is 10.9 Å². The lowest BCUT2D eigenvalue weighted by molar-refractivity contribution is 0.660. The highest BCUT2D eigenvalue weighted by Gasteiger charge is 2.09. The molecule has 76 valence electrons. The van der Waals surface area contributed by atoms with Crippen LogP contribution in [-0.2, 0) is 0 Å². The predicted octanol–water partition coefficient (Wildman–Crippen LogP) is 1.93. The Kier molecular flexibility index (Phi) is 2.76. The van der Waals surface area contributed by atoms with Gasteiger partial charge in [0.15, 0.2) is 0 Å². The number of hydrogen-bond acceptors (Lipinski definition) is 3. The first-order valence-electron chi connectivity index (χ1n) is 4.79. The highest BCUT2D eigenvalue weighted by Crippen LogP contribution is 2.22. The minimum atomic E-state index is -0.0661. The van der Waals surface area contributed by atoms with Crippen molar-refractivity contribution in [2.45, 2.75) is 6.04 Å². The molecule has 0 amide bonds. The summed E-state index contributed by atoms with van der Waals surface area (Å²) in [6, 6.07) is 9.91. The van der Waals surface area contributed by atoms with Crippen molar-refractivity contribution < 1.29 is 0 Å². The molecule has 0 spiro atoms. The fourth-order valence-electron chi connectivity index (χ4n) is 1.66. The Bertz CT molecular complexity index is 474. The van der Waals surface area contributed by atoms with Crippen LogP contribution < -0.4 is 11.3 Å². The van der Waals surface area contributed by atoms with E-state index in [2.05, 4.69) is 17.0 Å². The molecule has 0 fully saturated rings. The summed E-state index contributed by atoms with van der Waals surface area (Å²) in [5.74, 6) is 5.46. The van der Waals surface area contributed by atoms with Crippen molar-refractivity contribution in [3.05, 3.63) is 54.7 Å². The van der Waals surface area contributed by atoms with E-state index in [1.54, 1.807) is 12.3 Å². The number of hydrogen-bond donors (Lipinski definition) is 2. The van der Waals surface area contributed by atoms with Gasteiger partial charge >= 0.3 is 0 Å². The Hall–Kier alpha value is -1.71. The van der Waals surface area contributed by atoms with Gasteiger partial charge in [0, 0.05) is 17.1 Å². The van der Waals surface area contributed by atoms with E-state index in [0.717, 1.165) is 16.5 Å². The molecule has 0 aliphatic heterocycles. The molecule has 3 N–H and O–H groups in total. The van der Waals surface area contributed by atoms with Crippen molar-refractivity contribution in [2.75, 3.05) is 0 Å². The summed E-state index contributed by atoms with van der Waals surface area (Å²) in [5.41, 5.74) is 4.71. The molecular formula is C12H13N3. The van der Waals surface area contributed by atoms with Gasteiger partial charge in [-0.3, -0.25) is 10.8 Å². The molecular weight excluding hydrogens is 186 g/mol. The van der Waals surface area contributed by atoms with Crippen LogP contribution in [0.4, 0.5) is 0 Å². The lowest BCUT2D eigenvalue weighted by Gasteiger charge is -2.13. The Morgan fingerprint density at radius 2 is 2.13 bits per heavy atom. The summed E-state index contributed by atoms with van der Waals surface area (Å²) < 4.78 is 0. The first kappa shape index (κ1) is 9.83. The van der Waals surface area contributed by atoms with Gasteiger partial charge in [-0.1, -0.05) is 30.3 Å². The molecule has 0 saturated carbocycles. The maximum absolute atomic E-state index is 5.46. The SMILES string of the molecule is C=CC(NN)c1cccc2cccnc12. The smallest absolute Gasteiger partial charge is 0.0753 e. The number of para-hydroxylation sites is 1. The van der Waals surface area contributed by atoms with E-state index < -0.39 is 0 Å². The van der Waals surface area contributed by atoms with Gasteiger partial charge in [-0.25, -0.2) is 5.43 Å². The first-order valence-corrected chi connectivity index (χ1v) is 4.79. The lowest BCUT2D eigenvalue weighted by Crippen LogP contribution is -2.26. The van der Waals surface area contributed by atoms with Gasteiger partial charge in [0.25, 0.3) is 0 Å². The van der Waals surface area contributed by atoms with Gasteiger partial charge in [-0.15, -0.1) is 6.58 Å². The van der Waals surface area contributed by atoms with Crippen molar-refractivity contribution in [1.29, 1.82) is 0 Å². The van der Waals surface area contributed by atoms with Crippen LogP contribution in [0.1, 0.15) is 11.6 Å². The average Bonchev–Trinajstić information content (AvgIpc) is 2.31. The molecule has 15 heavy (non-hydrogen) atoms. The van der Waals surface area contributed by atoms with E-state index in [9.17, 15) is 0 Å². The second-order valence-electron chi connectivity index (χ2n) is 3.30. The van der Waals surface area contributed by atoms with Crippen LogP contribution in [0.25, 0.3) is 10.9 Å². The zero-order chi connectivity index (χ0) is 10.7. The average molecular weight is 199 g/mol. The van der Waals surface area contributed by atoms with Crippen LogP contribution in [0.2, 0.25) is 0 Å². The molecule has 2 rings (SSSR count). The van der Waals surface area contributed by atoms with E-state index in [0.29, 0.717) is 0 Å². The standard InChI is InChI=1S/C12H13N3/c1-2-11(15-13)10-7-3-5-9-6-4-8-14-12(9)10/h2-8,11,15H,1,13H2. The highest BCUT2D eigenvalue weighted by atomic mass is 15.2. The number of nitrogens with one attached hydrogen (secondary N) is 1. The second kappa shape index (κ2) is 4.21. The molecule has 1 atom stereocenters. The van der Waals surface area contributed by atoms with E-state index in [-0.39, 0.29) is 6.04 Å². The van der Waals surface area contributed by atoms with Gasteiger partial charge < -0.3 is 0 Å². The Morgan fingerprint density at radius 1 is 1.33 bits per heavy atom. The monoisotopic (exact) mass is 199 g/mol. The van der Waals surface area contributed by atoms with Crippen LogP contribution in [-0.4, -0.2) is 4.98 Å². The molecule has 1 aromatic heterocycles. The number of hydrazine groups is 1. The molecule has 3 nitrogen and oxygen atoms in total. The number of fused-ring (bicyclic) bond motifs is 1. The van der Waals surface area contributed by atoms with E-state index in [1.165, 1.54) is 0 Å². The fourth-order valence-corrected chi connectivity index (χ4v) is 1.66. The molecule has 0 radical (unpaired) electrons. The molecule has 2 aromatic rings. The van der Waals surface area contributed by atoms with Crippen LogP contribution in [0.15, 0.2) is 49.2 Å². The first-order chi connectivity index (χ1) is 7.36. The van der Waals surface area contributed by atoms with Gasteiger partial charge in [-0.2, -0.15) is 0 Å². The third-order valence-electron chi connectivity index (χ3n) is 2.41. The van der Waals surface area contributed by atoms with Crippen LogP contribution in [0, 0.1) is 0 Å². The topological polar surface area (TPSA) is 50.9 Å². The molecule has 1 heterocycles. The van der Waals surface area contributed by atoms with E-state index in [4.69, 9.17) is 5.84 Å². The Balaban J connectivity index is 2.64. The normalized spacial score (nSPS) is 12.6. The molecule has 0 saturated heterocycles. The van der Waals surface area contributed by atoms with Crippen molar-refractivity contribution in [2.24, 2.45) is 5.84 Å². The van der Waals surface area contributed by atoms with Crippen molar-refractivity contribution in [3.63, 3.8) is 0 Å². The zero-order valence-corrected chi connectivity index (χ0v) is 8.35. The number of nitrogens with zero attached hydrogens (tertiary/aromatic N) is 1. The van der Waals surface area contributed by atoms with E-state index >= 15 is 0 Å². The number of aromatic nitrogens is 1. The molecule has 3 heteroatoms. The summed E-state index contributed by atoms with van der Waals surface area (Å²) in [7, 11) is 0. The van der Waals surface area contributed by atoms with Gasteiger partial charge in [0.05, 0.1) is 11.6 Å². The summed E-state index contributed by atoms with van der Waals surface area (Å²) in [5, 5.41) is 1.11. The second-order valence-corrected chi connectivity index (χ2v) is 3.30. The largest absolute Gasteiger partial charge is 0.271 e.